The lowest BCUT2D eigenvalue weighted by atomic mass is 9.96. The average molecular weight is 425 g/mol. The summed E-state index contributed by atoms with van der Waals surface area (Å²) in [7, 11) is 1.94. The fourth-order valence-electron chi connectivity index (χ4n) is 4.68. The van der Waals surface area contributed by atoms with Crippen molar-refractivity contribution in [3.63, 3.8) is 0 Å². The van der Waals surface area contributed by atoms with Gasteiger partial charge in [0.15, 0.2) is 0 Å². The zero-order valence-corrected chi connectivity index (χ0v) is 18.0. The number of anilines is 1. The number of hydrogen-bond acceptors (Lipinski definition) is 6. The first kappa shape index (κ1) is 18.9. The van der Waals surface area contributed by atoms with Gasteiger partial charge < -0.3 is 4.90 Å². The third-order valence-corrected chi connectivity index (χ3v) is 6.43. The van der Waals surface area contributed by atoms with Gasteiger partial charge in [-0.1, -0.05) is 12.1 Å². The van der Waals surface area contributed by atoms with E-state index in [1.54, 1.807) is 6.33 Å². The number of benzene rings is 1. The quantitative estimate of drug-likeness (QED) is 0.503. The molecule has 0 atom stereocenters. The Hall–Kier alpha value is -3.81. The molecule has 0 radical (unpaired) electrons. The number of pyridine rings is 1. The molecule has 0 amide bonds. The molecule has 8 nitrogen and oxygen atoms in total. The molecule has 6 rings (SSSR count). The Morgan fingerprint density at radius 1 is 0.969 bits per heavy atom. The summed E-state index contributed by atoms with van der Waals surface area (Å²) in [6.45, 7) is 2.63. The summed E-state index contributed by atoms with van der Waals surface area (Å²) in [5.41, 5.74) is 6.92. The second-order valence-corrected chi connectivity index (χ2v) is 8.44. The minimum atomic E-state index is 0.411. The normalized spacial score (nSPS) is 16.3. The van der Waals surface area contributed by atoms with Crippen LogP contribution in [0.2, 0.25) is 0 Å². The van der Waals surface area contributed by atoms with Gasteiger partial charge in [-0.25, -0.2) is 14.6 Å². The summed E-state index contributed by atoms with van der Waals surface area (Å²) >= 11 is 0. The van der Waals surface area contributed by atoms with Crippen molar-refractivity contribution in [3.05, 3.63) is 78.3 Å². The molecule has 0 aliphatic carbocycles. The molecule has 5 heterocycles. The minimum Gasteiger partial charge on any atom is -0.356 e. The predicted octanol–water partition coefficient (Wildman–Crippen LogP) is 3.27. The van der Waals surface area contributed by atoms with Crippen LogP contribution >= 0.6 is 0 Å². The third-order valence-electron chi connectivity index (χ3n) is 6.43. The Labute approximate surface area is 186 Å². The Kier molecular flexibility index (Phi) is 4.56. The van der Waals surface area contributed by atoms with Crippen LogP contribution in [0.3, 0.4) is 0 Å². The molecule has 160 valence electrons. The summed E-state index contributed by atoms with van der Waals surface area (Å²) in [6, 6.07) is 11.2. The minimum absolute atomic E-state index is 0.411. The fourth-order valence-corrected chi connectivity index (χ4v) is 4.68. The zero-order chi connectivity index (χ0) is 21.5. The monoisotopic (exact) mass is 424 g/mol. The van der Waals surface area contributed by atoms with Crippen molar-refractivity contribution >= 4 is 11.5 Å². The average Bonchev–Trinajstić information content (AvgIpc) is 3.60. The van der Waals surface area contributed by atoms with E-state index in [0.29, 0.717) is 6.04 Å². The predicted molar refractivity (Wildman–Crippen MR) is 123 cm³/mol. The second kappa shape index (κ2) is 7.71. The van der Waals surface area contributed by atoms with E-state index in [1.165, 1.54) is 11.1 Å². The van der Waals surface area contributed by atoms with Crippen LogP contribution in [-0.2, 0) is 13.6 Å². The highest BCUT2D eigenvalue weighted by molar-refractivity contribution is 6.15. The van der Waals surface area contributed by atoms with Gasteiger partial charge in [0.25, 0.3) is 0 Å². The summed E-state index contributed by atoms with van der Waals surface area (Å²) in [5, 5.41) is 8.62. The Morgan fingerprint density at radius 3 is 2.66 bits per heavy atom. The molecule has 1 aromatic carbocycles. The number of rotatable bonds is 4. The maximum Gasteiger partial charge on any atom is 0.137 e. The van der Waals surface area contributed by atoms with Gasteiger partial charge in [-0.3, -0.25) is 9.67 Å². The first-order valence-corrected chi connectivity index (χ1v) is 11.0. The molecule has 2 aliphatic rings. The first-order valence-electron chi connectivity index (χ1n) is 11.0. The van der Waals surface area contributed by atoms with Crippen LogP contribution in [0.25, 0.3) is 11.1 Å². The number of aliphatic imine (C=N–C) groups is 1. The second-order valence-electron chi connectivity index (χ2n) is 8.44. The number of aryl methyl sites for hydroxylation is 1. The van der Waals surface area contributed by atoms with Crippen LogP contribution in [0.1, 0.15) is 35.6 Å². The van der Waals surface area contributed by atoms with Gasteiger partial charge in [0.1, 0.15) is 18.5 Å². The molecule has 0 unspecified atom stereocenters. The lowest BCUT2D eigenvalue weighted by Crippen LogP contribution is -2.35. The van der Waals surface area contributed by atoms with Gasteiger partial charge in [-0.15, -0.1) is 0 Å². The smallest absolute Gasteiger partial charge is 0.137 e. The highest BCUT2D eigenvalue weighted by atomic mass is 15.3. The molecule has 8 heteroatoms. The molecule has 1 saturated heterocycles. The van der Waals surface area contributed by atoms with Crippen molar-refractivity contribution < 1.29 is 0 Å². The van der Waals surface area contributed by atoms with E-state index in [-0.39, 0.29) is 0 Å². The van der Waals surface area contributed by atoms with Crippen molar-refractivity contribution in [1.29, 1.82) is 0 Å². The molecular weight excluding hydrogens is 400 g/mol. The van der Waals surface area contributed by atoms with Crippen LogP contribution in [0.4, 0.5) is 5.82 Å². The lowest BCUT2D eigenvalue weighted by molar-refractivity contribution is 0.365. The van der Waals surface area contributed by atoms with E-state index in [4.69, 9.17) is 4.99 Å². The number of fused-ring (bicyclic) bond motifs is 1. The largest absolute Gasteiger partial charge is 0.356 e. The fraction of sp³-hybridized carbons (Fsp3) is 0.292. The molecule has 0 bridgehead atoms. The topological polar surface area (TPSA) is 77.0 Å². The maximum absolute atomic E-state index is 4.88. The molecule has 32 heavy (non-hydrogen) atoms. The first-order chi connectivity index (χ1) is 15.7. The Bertz CT molecular complexity index is 1280. The highest BCUT2D eigenvalue weighted by Crippen LogP contribution is 2.30. The SMILES string of the molecule is Cn1cc(-c2ccc3c(c2)C(c2ccnc(N4CCC(n5cncn5)CC4)c2)=NC3)cn1. The van der Waals surface area contributed by atoms with Crippen molar-refractivity contribution in [2.45, 2.75) is 25.4 Å². The van der Waals surface area contributed by atoms with Gasteiger partial charge in [-0.05, 0) is 42.2 Å². The number of piperidine rings is 1. The van der Waals surface area contributed by atoms with Crippen LogP contribution < -0.4 is 4.90 Å². The van der Waals surface area contributed by atoms with Crippen LogP contribution in [-0.4, -0.2) is 48.3 Å². The van der Waals surface area contributed by atoms with Gasteiger partial charge in [0, 0.05) is 49.2 Å². The van der Waals surface area contributed by atoms with Gasteiger partial charge in [-0.2, -0.15) is 10.2 Å². The van der Waals surface area contributed by atoms with Crippen molar-refractivity contribution in [3.8, 4) is 11.1 Å². The van der Waals surface area contributed by atoms with Gasteiger partial charge in [0.2, 0.25) is 0 Å². The van der Waals surface area contributed by atoms with Gasteiger partial charge in [0.05, 0.1) is 24.5 Å². The maximum atomic E-state index is 4.88. The van der Waals surface area contributed by atoms with Gasteiger partial charge >= 0.3 is 0 Å². The van der Waals surface area contributed by atoms with Crippen molar-refractivity contribution in [1.82, 2.24) is 29.5 Å². The van der Waals surface area contributed by atoms with E-state index in [9.17, 15) is 0 Å². The highest BCUT2D eigenvalue weighted by Gasteiger charge is 2.23. The molecule has 0 N–H and O–H groups in total. The lowest BCUT2D eigenvalue weighted by Gasteiger charge is -2.32. The van der Waals surface area contributed by atoms with Crippen LogP contribution in [0.15, 0.2) is 66.6 Å². The van der Waals surface area contributed by atoms with E-state index >= 15 is 0 Å². The van der Waals surface area contributed by atoms with E-state index < -0.39 is 0 Å². The standard InChI is InChI=1S/C24H24N8/c1-30-14-20(13-28-30)17-2-3-19-12-27-24(22(19)10-17)18-4-7-26-23(11-18)31-8-5-21(6-9-31)32-16-25-15-29-32/h2-4,7,10-11,13-16,21H,5-6,8-9,12H2,1H3. The summed E-state index contributed by atoms with van der Waals surface area (Å²) in [4.78, 5) is 16.0. The Balaban J connectivity index is 1.24. The van der Waals surface area contributed by atoms with Crippen molar-refractivity contribution in [2.75, 3.05) is 18.0 Å². The number of hydrogen-bond donors (Lipinski definition) is 0. The molecule has 0 saturated carbocycles. The van der Waals surface area contributed by atoms with E-state index in [2.05, 4.69) is 55.4 Å². The summed E-state index contributed by atoms with van der Waals surface area (Å²) < 4.78 is 3.81. The molecule has 0 spiro atoms. The van der Waals surface area contributed by atoms with Crippen molar-refractivity contribution in [2.24, 2.45) is 12.0 Å². The van der Waals surface area contributed by atoms with Crippen LogP contribution in [0, 0.1) is 0 Å². The molecule has 1 fully saturated rings. The number of nitrogens with zero attached hydrogens (tertiary/aromatic N) is 8. The molecule has 4 aromatic rings. The molecule has 3 aromatic heterocycles. The van der Waals surface area contributed by atoms with E-state index in [0.717, 1.165) is 60.7 Å². The summed E-state index contributed by atoms with van der Waals surface area (Å²) in [5.74, 6) is 1.01. The van der Waals surface area contributed by atoms with Crippen LogP contribution in [0.5, 0.6) is 0 Å². The van der Waals surface area contributed by atoms with E-state index in [1.807, 2.05) is 41.3 Å². The number of aromatic nitrogens is 6. The zero-order valence-electron chi connectivity index (χ0n) is 18.0. The third kappa shape index (κ3) is 3.37. The summed E-state index contributed by atoms with van der Waals surface area (Å²) in [6.07, 6.45) is 11.3. The Morgan fingerprint density at radius 2 is 1.88 bits per heavy atom. The molecule has 2 aliphatic heterocycles. The molecular formula is C24H24N8.